The maximum atomic E-state index is 12.3. The van der Waals surface area contributed by atoms with Gasteiger partial charge in [-0.05, 0) is 24.5 Å². The molecular weight excluding hydrogens is 350 g/mol. The Morgan fingerprint density at radius 3 is 2.42 bits per heavy atom. The van der Waals surface area contributed by atoms with Crippen molar-refractivity contribution in [1.29, 1.82) is 0 Å². The van der Waals surface area contributed by atoms with Crippen molar-refractivity contribution < 1.29 is 14.4 Å². The molecule has 136 valence electrons. The number of imide groups is 1. The van der Waals surface area contributed by atoms with Crippen molar-refractivity contribution in [2.24, 2.45) is 0 Å². The fraction of sp³-hybridized carbons (Fsp3) is 0.368. The molecule has 0 spiro atoms. The molecule has 1 aliphatic rings. The summed E-state index contributed by atoms with van der Waals surface area (Å²) in [5.74, 6) is -0.997. The summed E-state index contributed by atoms with van der Waals surface area (Å²) in [6, 6.07) is 7.61. The van der Waals surface area contributed by atoms with Gasteiger partial charge in [-0.15, -0.1) is 11.3 Å². The lowest BCUT2D eigenvalue weighted by Gasteiger charge is -2.20. The van der Waals surface area contributed by atoms with Crippen LogP contribution < -0.4 is 5.32 Å². The van der Waals surface area contributed by atoms with Gasteiger partial charge in [0, 0.05) is 30.3 Å². The van der Waals surface area contributed by atoms with Crippen molar-refractivity contribution in [3.05, 3.63) is 46.5 Å². The number of benzene rings is 1. The highest BCUT2D eigenvalue weighted by molar-refractivity contribution is 7.15. The summed E-state index contributed by atoms with van der Waals surface area (Å²) in [4.78, 5) is 42.1. The average molecular weight is 371 g/mol. The summed E-state index contributed by atoms with van der Waals surface area (Å²) >= 11 is 1.40. The van der Waals surface area contributed by atoms with E-state index in [4.69, 9.17) is 0 Å². The van der Waals surface area contributed by atoms with Crippen LogP contribution in [-0.4, -0.2) is 33.6 Å². The van der Waals surface area contributed by atoms with Crippen LogP contribution in [0.4, 0.5) is 5.13 Å². The fourth-order valence-corrected chi connectivity index (χ4v) is 3.74. The number of amides is 3. The molecule has 1 aromatic carbocycles. The second kappa shape index (κ2) is 7.78. The van der Waals surface area contributed by atoms with Gasteiger partial charge in [-0.3, -0.25) is 19.3 Å². The number of carbonyl (C=O) groups excluding carboxylic acids is 3. The minimum atomic E-state index is -0.827. The average Bonchev–Trinajstić information content (AvgIpc) is 3.21. The predicted molar refractivity (Wildman–Crippen MR) is 99.9 cm³/mol. The van der Waals surface area contributed by atoms with E-state index in [2.05, 4.69) is 41.5 Å². The highest BCUT2D eigenvalue weighted by atomic mass is 32.1. The predicted octanol–water partition coefficient (Wildman–Crippen LogP) is 2.77. The highest BCUT2D eigenvalue weighted by Crippen LogP contribution is 2.23. The maximum absolute atomic E-state index is 12.3. The van der Waals surface area contributed by atoms with E-state index in [0.717, 1.165) is 22.6 Å². The van der Waals surface area contributed by atoms with Crippen LogP contribution in [0.3, 0.4) is 0 Å². The first kappa shape index (κ1) is 18.3. The van der Waals surface area contributed by atoms with Gasteiger partial charge in [0.1, 0.15) is 6.04 Å². The summed E-state index contributed by atoms with van der Waals surface area (Å²) in [5.41, 5.74) is 2.48. The molecule has 0 bridgehead atoms. The van der Waals surface area contributed by atoms with Crippen LogP contribution in [0.1, 0.15) is 42.7 Å². The molecule has 0 unspecified atom stereocenters. The van der Waals surface area contributed by atoms with Gasteiger partial charge < -0.3 is 5.32 Å². The SMILES string of the molecule is CCc1ccc(Cc2cnc(NC(=O)[C@H](C)N3C(=O)CCC3=O)s2)cc1. The quantitative estimate of drug-likeness (QED) is 0.792. The summed E-state index contributed by atoms with van der Waals surface area (Å²) in [6.45, 7) is 3.68. The Balaban J connectivity index is 1.61. The first-order valence-corrected chi connectivity index (χ1v) is 9.48. The number of hydrogen-bond donors (Lipinski definition) is 1. The van der Waals surface area contributed by atoms with Gasteiger partial charge in [-0.25, -0.2) is 4.98 Å². The van der Waals surface area contributed by atoms with Crippen LogP contribution in [0.5, 0.6) is 0 Å². The molecule has 26 heavy (non-hydrogen) atoms. The number of nitrogens with one attached hydrogen (secondary N) is 1. The third-order valence-corrected chi connectivity index (χ3v) is 5.36. The molecule has 7 heteroatoms. The van der Waals surface area contributed by atoms with Crippen LogP contribution in [0, 0.1) is 0 Å². The third kappa shape index (κ3) is 3.99. The van der Waals surface area contributed by atoms with Crippen LogP contribution in [0.2, 0.25) is 0 Å². The van der Waals surface area contributed by atoms with Gasteiger partial charge in [0.05, 0.1) is 0 Å². The van der Waals surface area contributed by atoms with Crippen molar-refractivity contribution in [3.63, 3.8) is 0 Å². The Kier molecular flexibility index (Phi) is 5.46. The zero-order valence-corrected chi connectivity index (χ0v) is 15.6. The summed E-state index contributed by atoms with van der Waals surface area (Å²) in [5, 5.41) is 3.18. The van der Waals surface area contributed by atoms with E-state index in [1.165, 1.54) is 22.5 Å². The van der Waals surface area contributed by atoms with Crippen LogP contribution in [0.15, 0.2) is 30.5 Å². The van der Waals surface area contributed by atoms with Crippen molar-refractivity contribution in [1.82, 2.24) is 9.88 Å². The zero-order chi connectivity index (χ0) is 18.7. The number of nitrogens with zero attached hydrogens (tertiary/aromatic N) is 2. The Labute approximate surface area is 156 Å². The molecule has 1 N–H and O–H groups in total. The lowest BCUT2D eigenvalue weighted by Crippen LogP contribution is -2.44. The van der Waals surface area contributed by atoms with Crippen molar-refractivity contribution in [2.45, 2.75) is 45.6 Å². The van der Waals surface area contributed by atoms with Crippen molar-refractivity contribution in [2.75, 3.05) is 5.32 Å². The number of aromatic nitrogens is 1. The Morgan fingerprint density at radius 1 is 1.19 bits per heavy atom. The monoisotopic (exact) mass is 371 g/mol. The number of rotatable bonds is 6. The van der Waals surface area contributed by atoms with Gasteiger partial charge >= 0.3 is 0 Å². The summed E-state index contributed by atoms with van der Waals surface area (Å²) in [6.07, 6.45) is 3.85. The lowest BCUT2D eigenvalue weighted by atomic mass is 10.1. The second-order valence-electron chi connectivity index (χ2n) is 6.30. The summed E-state index contributed by atoms with van der Waals surface area (Å²) in [7, 11) is 0. The molecule has 0 radical (unpaired) electrons. The van der Waals surface area contributed by atoms with Crippen LogP contribution in [0.25, 0.3) is 0 Å². The van der Waals surface area contributed by atoms with Crippen molar-refractivity contribution in [3.8, 4) is 0 Å². The van der Waals surface area contributed by atoms with E-state index >= 15 is 0 Å². The van der Waals surface area contributed by atoms with E-state index in [1.807, 2.05) is 0 Å². The molecule has 0 saturated carbocycles. The van der Waals surface area contributed by atoms with E-state index in [1.54, 1.807) is 13.1 Å². The molecular formula is C19H21N3O3S. The number of carbonyl (C=O) groups is 3. The molecule has 1 aliphatic heterocycles. The molecule has 1 atom stereocenters. The minimum absolute atomic E-state index is 0.175. The molecule has 1 aromatic heterocycles. The Bertz CT molecular complexity index is 813. The number of anilines is 1. The number of hydrogen-bond acceptors (Lipinski definition) is 5. The molecule has 6 nitrogen and oxygen atoms in total. The maximum Gasteiger partial charge on any atom is 0.249 e. The number of likely N-dealkylation sites (tertiary alicyclic amines) is 1. The second-order valence-corrected chi connectivity index (χ2v) is 7.42. The van der Waals surface area contributed by atoms with Gasteiger partial charge in [0.15, 0.2) is 5.13 Å². The normalized spacial score (nSPS) is 15.4. The largest absolute Gasteiger partial charge is 0.300 e. The van der Waals surface area contributed by atoms with Gasteiger partial charge in [0.2, 0.25) is 17.7 Å². The van der Waals surface area contributed by atoms with E-state index in [-0.39, 0.29) is 24.7 Å². The third-order valence-electron chi connectivity index (χ3n) is 4.45. The lowest BCUT2D eigenvalue weighted by molar-refractivity contribution is -0.144. The molecule has 2 heterocycles. The summed E-state index contributed by atoms with van der Waals surface area (Å²) < 4.78 is 0. The van der Waals surface area contributed by atoms with Gasteiger partial charge in [0.25, 0.3) is 0 Å². The number of aryl methyl sites for hydroxylation is 1. The Morgan fingerprint density at radius 2 is 1.81 bits per heavy atom. The molecule has 2 aromatic rings. The molecule has 3 rings (SSSR count). The van der Waals surface area contributed by atoms with Crippen molar-refractivity contribution >= 4 is 34.2 Å². The van der Waals surface area contributed by atoms with E-state index < -0.39 is 11.9 Å². The van der Waals surface area contributed by atoms with Crippen LogP contribution in [-0.2, 0) is 27.2 Å². The standard InChI is InChI=1S/C19H21N3O3S/c1-3-13-4-6-14(7-5-13)10-15-11-20-19(26-15)21-18(25)12(2)22-16(23)8-9-17(22)24/h4-7,11-12H,3,8-10H2,1-2H3,(H,20,21,25)/t12-/m0/s1. The first-order chi connectivity index (χ1) is 12.5. The minimum Gasteiger partial charge on any atom is -0.300 e. The van der Waals surface area contributed by atoms with E-state index in [0.29, 0.717) is 5.13 Å². The molecule has 3 amide bonds. The number of thiazole rings is 1. The molecule has 0 aliphatic carbocycles. The van der Waals surface area contributed by atoms with Crippen LogP contribution >= 0.6 is 11.3 Å². The molecule has 1 saturated heterocycles. The van der Waals surface area contributed by atoms with Gasteiger partial charge in [-0.2, -0.15) is 0 Å². The van der Waals surface area contributed by atoms with Gasteiger partial charge in [-0.1, -0.05) is 31.2 Å². The first-order valence-electron chi connectivity index (χ1n) is 8.66. The zero-order valence-electron chi connectivity index (χ0n) is 14.8. The van der Waals surface area contributed by atoms with E-state index in [9.17, 15) is 14.4 Å². The smallest absolute Gasteiger partial charge is 0.249 e. The fourth-order valence-electron chi connectivity index (χ4n) is 2.89. The Hall–Kier alpha value is -2.54. The molecule has 1 fully saturated rings. The highest BCUT2D eigenvalue weighted by Gasteiger charge is 2.36. The topological polar surface area (TPSA) is 79.4 Å².